The molecule has 0 radical (unpaired) electrons. The number of pyridine rings is 1. The van der Waals surface area contributed by atoms with Crippen LogP contribution in [0.4, 0.5) is 10.1 Å². The molecule has 1 aromatic carbocycles. The van der Waals surface area contributed by atoms with Crippen molar-refractivity contribution in [3.63, 3.8) is 0 Å². The van der Waals surface area contributed by atoms with Crippen molar-refractivity contribution in [3.8, 4) is 0 Å². The lowest BCUT2D eigenvalue weighted by molar-refractivity contribution is -0.143. The predicted molar refractivity (Wildman–Crippen MR) is 84.9 cm³/mol. The van der Waals surface area contributed by atoms with Gasteiger partial charge in [0.05, 0.1) is 17.8 Å². The van der Waals surface area contributed by atoms with Crippen LogP contribution in [0.3, 0.4) is 0 Å². The summed E-state index contributed by atoms with van der Waals surface area (Å²) in [7, 11) is 0. The fraction of sp³-hybridized carbons (Fsp3) is 0.188. The number of carbonyl (C=O) groups excluding carboxylic acids is 2. The number of ketones is 1. The second-order valence-corrected chi connectivity index (χ2v) is 5.04. The molecule has 6 nitrogen and oxygen atoms in total. The molecule has 124 valence electrons. The molecule has 0 aliphatic heterocycles. The molecule has 0 N–H and O–H groups in total. The molecule has 0 amide bonds. The Hall–Kier alpha value is -2.67. The molecule has 0 unspecified atom stereocenters. The van der Waals surface area contributed by atoms with Crippen molar-refractivity contribution < 1.29 is 18.7 Å². The minimum Gasteiger partial charge on any atom is -0.464 e. The molecule has 0 aliphatic rings. The number of nitrogens with zero attached hydrogens (tertiary/aromatic N) is 3. The lowest BCUT2D eigenvalue weighted by Gasteiger charge is -2.09. The number of esters is 1. The Morgan fingerprint density at radius 3 is 2.62 bits per heavy atom. The summed E-state index contributed by atoms with van der Waals surface area (Å²) in [5, 5.41) is 7.92. The number of hydrogen-bond donors (Lipinski definition) is 0. The zero-order valence-corrected chi connectivity index (χ0v) is 13.4. The van der Waals surface area contributed by atoms with Crippen LogP contribution in [0, 0.1) is 5.82 Å². The molecule has 2 aromatic rings. The summed E-state index contributed by atoms with van der Waals surface area (Å²) in [6.45, 7) is 1.69. The van der Waals surface area contributed by atoms with E-state index in [4.69, 9.17) is 16.3 Å². The summed E-state index contributed by atoms with van der Waals surface area (Å²) in [4.78, 5) is 28.3. The highest BCUT2D eigenvalue weighted by Crippen LogP contribution is 2.18. The third-order valence-electron chi connectivity index (χ3n) is 2.87. The van der Waals surface area contributed by atoms with Gasteiger partial charge in [0.15, 0.2) is 0 Å². The molecular formula is C16H13ClFN3O3. The van der Waals surface area contributed by atoms with Gasteiger partial charge in [-0.05, 0) is 37.3 Å². The fourth-order valence-electron chi connectivity index (χ4n) is 1.78. The van der Waals surface area contributed by atoms with Crippen LogP contribution in [0.25, 0.3) is 0 Å². The van der Waals surface area contributed by atoms with Gasteiger partial charge in [0.25, 0.3) is 0 Å². The first-order valence-corrected chi connectivity index (χ1v) is 7.37. The minimum atomic E-state index is -1.49. The van der Waals surface area contributed by atoms with E-state index < -0.39 is 23.6 Å². The summed E-state index contributed by atoms with van der Waals surface area (Å²) in [6, 6.07) is 4.75. The molecule has 1 heterocycles. The third kappa shape index (κ3) is 4.66. The molecule has 0 aliphatic carbocycles. The van der Waals surface area contributed by atoms with Gasteiger partial charge in [0, 0.05) is 11.8 Å². The van der Waals surface area contributed by atoms with Crippen molar-refractivity contribution in [2.75, 3.05) is 6.61 Å². The number of Topliss-reactive ketones (excluding diaryl/α,β-unsaturated/α-hetero) is 1. The van der Waals surface area contributed by atoms with Crippen LogP contribution in [0.1, 0.15) is 17.3 Å². The molecule has 24 heavy (non-hydrogen) atoms. The Bertz CT molecular complexity index is 765. The van der Waals surface area contributed by atoms with E-state index in [9.17, 15) is 14.0 Å². The van der Waals surface area contributed by atoms with Crippen LogP contribution in [0.5, 0.6) is 0 Å². The molecule has 0 fully saturated rings. The largest absolute Gasteiger partial charge is 0.464 e. The van der Waals surface area contributed by atoms with Gasteiger partial charge >= 0.3 is 5.97 Å². The fourth-order valence-corrected chi connectivity index (χ4v) is 1.95. The number of rotatable bonds is 6. The minimum absolute atomic E-state index is 0.0836. The van der Waals surface area contributed by atoms with E-state index in [1.54, 1.807) is 6.92 Å². The lowest BCUT2D eigenvalue weighted by atomic mass is 10.1. The summed E-state index contributed by atoms with van der Waals surface area (Å²) < 4.78 is 17.8. The van der Waals surface area contributed by atoms with Crippen LogP contribution in [0.2, 0.25) is 5.02 Å². The van der Waals surface area contributed by atoms with Crippen molar-refractivity contribution in [3.05, 3.63) is 59.1 Å². The van der Waals surface area contributed by atoms with Gasteiger partial charge in [0.2, 0.25) is 11.8 Å². The van der Waals surface area contributed by atoms with E-state index >= 15 is 0 Å². The average molecular weight is 350 g/mol. The van der Waals surface area contributed by atoms with Crippen molar-refractivity contribution >= 4 is 29.0 Å². The SMILES string of the molecule is CCOC(=O)[C@@H](N=Nc1cncc(Cl)c1)C(=O)c1ccc(F)cc1. The monoisotopic (exact) mass is 349 g/mol. The van der Waals surface area contributed by atoms with Crippen LogP contribution in [-0.2, 0) is 9.53 Å². The lowest BCUT2D eigenvalue weighted by Crippen LogP contribution is -2.30. The highest BCUT2D eigenvalue weighted by Gasteiger charge is 2.29. The molecular weight excluding hydrogens is 337 g/mol. The molecule has 0 bridgehead atoms. The van der Waals surface area contributed by atoms with Gasteiger partial charge in [-0.15, -0.1) is 0 Å². The van der Waals surface area contributed by atoms with E-state index in [0.29, 0.717) is 5.02 Å². The molecule has 0 saturated carbocycles. The molecule has 0 saturated heterocycles. The number of benzene rings is 1. The van der Waals surface area contributed by atoms with E-state index in [-0.39, 0.29) is 17.9 Å². The maximum absolute atomic E-state index is 13.0. The molecule has 1 atom stereocenters. The molecule has 2 rings (SSSR count). The zero-order chi connectivity index (χ0) is 17.5. The second kappa shape index (κ2) is 8.26. The summed E-state index contributed by atoms with van der Waals surface area (Å²) in [5.74, 6) is -1.98. The summed E-state index contributed by atoms with van der Waals surface area (Å²) in [5.41, 5.74) is 0.404. The van der Waals surface area contributed by atoms with Gasteiger partial charge in [0.1, 0.15) is 11.5 Å². The van der Waals surface area contributed by atoms with E-state index in [1.807, 2.05) is 0 Å². The first-order chi connectivity index (χ1) is 11.5. The Labute approximate surface area is 142 Å². The maximum atomic E-state index is 13.0. The van der Waals surface area contributed by atoms with E-state index in [0.717, 1.165) is 12.1 Å². The standard InChI is InChI=1S/C16H13ClFN3O3/c1-2-24-16(23)14(15(22)10-3-5-12(18)6-4-10)21-20-13-7-11(17)8-19-9-13/h3-9,14H,2H2,1H3/t14-/m0/s1. The van der Waals surface area contributed by atoms with E-state index in [2.05, 4.69) is 15.2 Å². The van der Waals surface area contributed by atoms with Crippen molar-refractivity contribution in [2.45, 2.75) is 13.0 Å². The maximum Gasteiger partial charge on any atom is 0.341 e. The highest BCUT2D eigenvalue weighted by atomic mass is 35.5. The van der Waals surface area contributed by atoms with Gasteiger partial charge in [-0.25, -0.2) is 9.18 Å². The van der Waals surface area contributed by atoms with Crippen LogP contribution in [-0.4, -0.2) is 29.4 Å². The Morgan fingerprint density at radius 2 is 2.00 bits per heavy atom. The summed E-state index contributed by atoms with van der Waals surface area (Å²) >= 11 is 5.79. The van der Waals surface area contributed by atoms with Crippen molar-refractivity contribution in [2.24, 2.45) is 10.2 Å². The number of carbonyl (C=O) groups is 2. The van der Waals surface area contributed by atoms with Gasteiger partial charge in [-0.2, -0.15) is 10.2 Å². The summed E-state index contributed by atoms with van der Waals surface area (Å²) in [6.07, 6.45) is 2.78. The Balaban J connectivity index is 2.28. The normalized spacial score (nSPS) is 12.1. The van der Waals surface area contributed by atoms with Gasteiger partial charge in [-0.1, -0.05) is 11.6 Å². The smallest absolute Gasteiger partial charge is 0.341 e. The van der Waals surface area contributed by atoms with Gasteiger partial charge in [-0.3, -0.25) is 9.78 Å². The third-order valence-corrected chi connectivity index (χ3v) is 3.07. The molecule has 0 spiro atoms. The predicted octanol–water partition coefficient (Wildman–Crippen LogP) is 3.77. The van der Waals surface area contributed by atoms with Crippen LogP contribution < -0.4 is 0 Å². The van der Waals surface area contributed by atoms with Crippen LogP contribution >= 0.6 is 11.6 Å². The molecule has 1 aromatic heterocycles. The first kappa shape index (κ1) is 17.7. The van der Waals surface area contributed by atoms with Crippen LogP contribution in [0.15, 0.2) is 53.0 Å². The Kier molecular flexibility index (Phi) is 6.08. The van der Waals surface area contributed by atoms with Gasteiger partial charge < -0.3 is 4.74 Å². The number of halogens is 2. The first-order valence-electron chi connectivity index (χ1n) is 6.99. The van der Waals surface area contributed by atoms with E-state index in [1.165, 1.54) is 30.6 Å². The highest BCUT2D eigenvalue weighted by molar-refractivity contribution is 6.30. The number of azo groups is 1. The Morgan fingerprint density at radius 1 is 1.29 bits per heavy atom. The quantitative estimate of drug-likeness (QED) is 0.344. The van der Waals surface area contributed by atoms with Crippen molar-refractivity contribution in [1.29, 1.82) is 0 Å². The number of hydrogen-bond acceptors (Lipinski definition) is 6. The molecule has 8 heteroatoms. The number of aromatic nitrogens is 1. The topological polar surface area (TPSA) is 81.0 Å². The number of ether oxygens (including phenoxy) is 1. The van der Waals surface area contributed by atoms with Crippen molar-refractivity contribution in [1.82, 2.24) is 4.98 Å². The zero-order valence-electron chi connectivity index (χ0n) is 12.6. The second-order valence-electron chi connectivity index (χ2n) is 4.60. The average Bonchev–Trinajstić information content (AvgIpc) is 2.56.